The van der Waals surface area contributed by atoms with Crippen LogP contribution in [0.5, 0.6) is 0 Å². The highest BCUT2D eigenvalue weighted by Crippen LogP contribution is 2.21. The first-order valence-electron chi connectivity index (χ1n) is 6.02. The molecule has 0 aliphatic heterocycles. The summed E-state index contributed by atoms with van der Waals surface area (Å²) in [4.78, 5) is 10.7. The molecular formula is C14H15BrN2O2. The van der Waals surface area contributed by atoms with E-state index >= 15 is 0 Å². The predicted octanol–water partition coefficient (Wildman–Crippen LogP) is 3.27. The topological polar surface area (TPSA) is 55.1 Å². The van der Waals surface area contributed by atoms with Gasteiger partial charge in [-0.2, -0.15) is 5.10 Å². The van der Waals surface area contributed by atoms with Crippen molar-refractivity contribution in [3.8, 4) is 5.69 Å². The van der Waals surface area contributed by atoms with Gasteiger partial charge in [-0.25, -0.2) is 4.68 Å². The van der Waals surface area contributed by atoms with Crippen LogP contribution in [0.2, 0.25) is 0 Å². The molecule has 0 spiro atoms. The lowest BCUT2D eigenvalue weighted by Gasteiger charge is -2.05. The van der Waals surface area contributed by atoms with E-state index in [0.717, 1.165) is 27.1 Å². The van der Waals surface area contributed by atoms with Gasteiger partial charge in [0.15, 0.2) is 0 Å². The van der Waals surface area contributed by atoms with E-state index in [4.69, 9.17) is 5.11 Å². The Balaban J connectivity index is 2.38. The second-order valence-corrected chi connectivity index (χ2v) is 5.35. The van der Waals surface area contributed by atoms with Crippen LogP contribution in [0.4, 0.5) is 0 Å². The van der Waals surface area contributed by atoms with Crippen molar-refractivity contribution in [1.29, 1.82) is 0 Å². The van der Waals surface area contributed by atoms with Crippen LogP contribution >= 0.6 is 15.9 Å². The summed E-state index contributed by atoms with van der Waals surface area (Å²) in [5.41, 5.74) is 3.87. The molecule has 19 heavy (non-hydrogen) atoms. The molecule has 0 atom stereocenters. The normalized spacial score (nSPS) is 10.7. The van der Waals surface area contributed by atoms with Crippen molar-refractivity contribution in [2.24, 2.45) is 0 Å². The number of carboxylic acids is 1. The Bertz CT molecular complexity index is 620. The molecule has 0 radical (unpaired) electrons. The van der Waals surface area contributed by atoms with E-state index in [1.807, 2.05) is 42.8 Å². The molecule has 5 heteroatoms. The molecule has 100 valence electrons. The van der Waals surface area contributed by atoms with Crippen molar-refractivity contribution >= 4 is 21.9 Å². The molecule has 0 aliphatic carbocycles. The number of rotatable bonds is 4. The van der Waals surface area contributed by atoms with Crippen molar-refractivity contribution in [1.82, 2.24) is 9.78 Å². The number of aliphatic carboxylic acids is 1. The average molecular weight is 323 g/mol. The lowest BCUT2D eigenvalue weighted by atomic mass is 10.1. The Morgan fingerprint density at radius 2 is 2.16 bits per heavy atom. The van der Waals surface area contributed by atoms with Crippen LogP contribution in [0, 0.1) is 13.8 Å². The number of halogens is 1. The zero-order valence-electron chi connectivity index (χ0n) is 10.9. The summed E-state index contributed by atoms with van der Waals surface area (Å²) < 4.78 is 2.85. The lowest BCUT2D eigenvalue weighted by Crippen LogP contribution is -2.01. The summed E-state index contributed by atoms with van der Waals surface area (Å²) >= 11 is 3.44. The molecule has 0 amide bonds. The van der Waals surface area contributed by atoms with E-state index in [0.29, 0.717) is 6.42 Å². The number of hydrogen-bond donors (Lipinski definition) is 1. The first kappa shape index (κ1) is 13.8. The highest BCUT2D eigenvalue weighted by Gasteiger charge is 2.13. The monoisotopic (exact) mass is 322 g/mol. The molecule has 2 aromatic rings. The summed E-state index contributed by atoms with van der Waals surface area (Å²) in [6, 6.07) is 7.87. The van der Waals surface area contributed by atoms with Crippen molar-refractivity contribution in [3.05, 3.63) is 45.7 Å². The number of nitrogens with zero attached hydrogens (tertiary/aromatic N) is 2. The van der Waals surface area contributed by atoms with Crippen LogP contribution in [-0.4, -0.2) is 20.9 Å². The summed E-state index contributed by atoms with van der Waals surface area (Å²) in [6.07, 6.45) is 0.646. The van der Waals surface area contributed by atoms with Gasteiger partial charge >= 0.3 is 5.97 Å². The van der Waals surface area contributed by atoms with E-state index in [1.54, 1.807) is 0 Å². The van der Waals surface area contributed by atoms with Crippen molar-refractivity contribution in [2.45, 2.75) is 26.7 Å². The first-order chi connectivity index (χ1) is 8.99. The van der Waals surface area contributed by atoms with E-state index < -0.39 is 5.97 Å². The average Bonchev–Trinajstić information content (AvgIpc) is 2.62. The molecule has 1 aromatic carbocycles. The second-order valence-electron chi connectivity index (χ2n) is 4.43. The number of aromatic nitrogens is 2. The van der Waals surface area contributed by atoms with E-state index in [2.05, 4.69) is 21.0 Å². The Morgan fingerprint density at radius 1 is 1.42 bits per heavy atom. The minimum atomic E-state index is -0.783. The molecule has 0 saturated heterocycles. The maximum atomic E-state index is 10.7. The fraction of sp³-hybridized carbons (Fsp3) is 0.286. The first-order valence-corrected chi connectivity index (χ1v) is 6.81. The van der Waals surface area contributed by atoms with E-state index in [-0.39, 0.29) is 6.42 Å². The Kier molecular flexibility index (Phi) is 4.04. The van der Waals surface area contributed by atoms with Gasteiger partial charge in [-0.15, -0.1) is 0 Å². The van der Waals surface area contributed by atoms with Crippen molar-refractivity contribution in [2.75, 3.05) is 0 Å². The summed E-state index contributed by atoms with van der Waals surface area (Å²) in [5, 5.41) is 13.3. The van der Waals surface area contributed by atoms with Gasteiger partial charge in [-0.3, -0.25) is 4.79 Å². The van der Waals surface area contributed by atoms with Gasteiger partial charge in [-0.1, -0.05) is 22.0 Å². The number of carboxylic acid groups (broad SMARTS) is 1. The third-order valence-corrected chi connectivity index (χ3v) is 3.58. The van der Waals surface area contributed by atoms with E-state index in [9.17, 15) is 4.79 Å². The van der Waals surface area contributed by atoms with Crippen molar-refractivity contribution < 1.29 is 9.90 Å². The molecule has 0 unspecified atom stereocenters. The fourth-order valence-electron chi connectivity index (χ4n) is 2.13. The zero-order chi connectivity index (χ0) is 14.0. The van der Waals surface area contributed by atoms with Gasteiger partial charge in [-0.05, 0) is 44.0 Å². The smallest absolute Gasteiger partial charge is 0.303 e. The van der Waals surface area contributed by atoms with Crippen LogP contribution in [0.1, 0.15) is 23.4 Å². The maximum Gasteiger partial charge on any atom is 0.303 e. The quantitative estimate of drug-likeness (QED) is 0.939. The molecule has 1 heterocycles. The molecule has 0 fully saturated rings. The molecule has 0 saturated carbocycles. The maximum absolute atomic E-state index is 10.7. The van der Waals surface area contributed by atoms with Crippen LogP contribution < -0.4 is 0 Å². The van der Waals surface area contributed by atoms with Gasteiger partial charge < -0.3 is 5.11 Å². The van der Waals surface area contributed by atoms with Crippen LogP contribution in [-0.2, 0) is 11.2 Å². The molecule has 1 N–H and O–H groups in total. The van der Waals surface area contributed by atoms with Gasteiger partial charge in [0.05, 0.1) is 11.4 Å². The van der Waals surface area contributed by atoms with Crippen molar-refractivity contribution in [3.63, 3.8) is 0 Å². The third-order valence-electron chi connectivity index (χ3n) is 3.08. The molecule has 0 aliphatic rings. The third kappa shape index (κ3) is 3.04. The number of carbonyl (C=O) groups is 1. The minimum Gasteiger partial charge on any atom is -0.481 e. The SMILES string of the molecule is Cc1nn(-c2cccc(Br)c2)c(C)c1CCC(=O)O. The predicted molar refractivity (Wildman–Crippen MR) is 76.7 cm³/mol. The Labute approximate surface area is 120 Å². The molecule has 0 bridgehead atoms. The summed E-state index contributed by atoms with van der Waals surface area (Å²) in [7, 11) is 0. The van der Waals surface area contributed by atoms with Crippen LogP contribution in [0.3, 0.4) is 0 Å². The second kappa shape index (κ2) is 5.57. The summed E-state index contributed by atoms with van der Waals surface area (Å²) in [5.74, 6) is -0.783. The Hall–Kier alpha value is -1.62. The molecular weight excluding hydrogens is 308 g/mol. The zero-order valence-corrected chi connectivity index (χ0v) is 12.4. The minimum absolute atomic E-state index is 0.131. The highest BCUT2D eigenvalue weighted by atomic mass is 79.9. The van der Waals surface area contributed by atoms with Crippen LogP contribution in [0.25, 0.3) is 5.69 Å². The van der Waals surface area contributed by atoms with Gasteiger partial charge in [0.2, 0.25) is 0 Å². The highest BCUT2D eigenvalue weighted by molar-refractivity contribution is 9.10. The van der Waals surface area contributed by atoms with E-state index in [1.165, 1.54) is 0 Å². The number of hydrogen-bond acceptors (Lipinski definition) is 2. The number of aryl methyl sites for hydroxylation is 1. The standard InChI is InChI=1S/C14H15BrN2O2/c1-9-13(6-7-14(18)19)10(2)17(16-9)12-5-3-4-11(15)8-12/h3-5,8H,6-7H2,1-2H3,(H,18,19). The fourth-order valence-corrected chi connectivity index (χ4v) is 2.52. The molecule has 1 aromatic heterocycles. The lowest BCUT2D eigenvalue weighted by molar-refractivity contribution is -0.136. The summed E-state index contributed by atoms with van der Waals surface area (Å²) in [6.45, 7) is 3.89. The largest absolute Gasteiger partial charge is 0.481 e. The molecule has 4 nitrogen and oxygen atoms in total. The van der Waals surface area contributed by atoms with Crippen LogP contribution in [0.15, 0.2) is 28.7 Å². The van der Waals surface area contributed by atoms with Gasteiger partial charge in [0, 0.05) is 16.6 Å². The van der Waals surface area contributed by atoms with Gasteiger partial charge in [0.25, 0.3) is 0 Å². The number of benzene rings is 1. The van der Waals surface area contributed by atoms with Gasteiger partial charge in [0.1, 0.15) is 0 Å². The molecule has 2 rings (SSSR count). The Morgan fingerprint density at radius 3 is 2.79 bits per heavy atom.